The molecule has 0 saturated carbocycles. The number of thiophene rings is 1. The van der Waals surface area contributed by atoms with E-state index in [4.69, 9.17) is 14.2 Å². The summed E-state index contributed by atoms with van der Waals surface area (Å²) >= 11 is 0.964. The molecule has 0 fully saturated rings. The van der Waals surface area contributed by atoms with Crippen LogP contribution in [0.2, 0.25) is 0 Å². The Morgan fingerprint density at radius 1 is 0.978 bits per heavy atom. The summed E-state index contributed by atoms with van der Waals surface area (Å²) in [6, 6.07) is 13.1. The number of ether oxygens (including phenoxy) is 3. The van der Waals surface area contributed by atoms with Gasteiger partial charge in [-0.25, -0.2) is 23.3 Å². The minimum Gasteiger partial charge on any atom is -0.496 e. The molecule has 0 spiro atoms. The van der Waals surface area contributed by atoms with Crippen LogP contribution in [0.25, 0.3) is 10.2 Å². The number of hydrogen-bond acceptors (Lipinski definition) is 8. The molecule has 4 aromatic rings. The number of carbonyl (C=O) groups excluding carboxylic acids is 2. The van der Waals surface area contributed by atoms with Crippen molar-refractivity contribution in [3.05, 3.63) is 96.8 Å². The van der Waals surface area contributed by atoms with Crippen LogP contribution in [-0.2, 0) is 39.4 Å². The Hall–Kier alpha value is -4.25. The molecule has 0 aliphatic rings. The molecule has 11 heteroatoms. The van der Waals surface area contributed by atoms with Crippen LogP contribution >= 0.6 is 11.3 Å². The van der Waals surface area contributed by atoms with E-state index in [2.05, 4.69) is 0 Å². The van der Waals surface area contributed by atoms with Gasteiger partial charge in [0.2, 0.25) is 0 Å². The molecule has 4 rings (SSSR count). The maximum atomic E-state index is 14.0. The van der Waals surface area contributed by atoms with Crippen LogP contribution in [0.5, 0.6) is 5.75 Å². The molecule has 0 N–H and O–H groups in total. The van der Waals surface area contributed by atoms with E-state index >= 15 is 0 Å². The topological polar surface area (TPSA) is 106 Å². The van der Waals surface area contributed by atoms with Crippen molar-refractivity contribution in [1.82, 2.24) is 9.13 Å². The van der Waals surface area contributed by atoms with Crippen molar-refractivity contribution in [2.24, 2.45) is 0 Å². The molecule has 0 amide bonds. The minimum absolute atomic E-state index is 0.00673. The van der Waals surface area contributed by atoms with Crippen molar-refractivity contribution in [2.45, 2.75) is 80.5 Å². The number of rotatable bonds is 10. The van der Waals surface area contributed by atoms with E-state index in [0.717, 1.165) is 21.5 Å². The molecule has 0 radical (unpaired) electrons. The molecule has 2 aromatic carbocycles. The molecule has 45 heavy (non-hydrogen) atoms. The number of aryl methyl sites for hydroxylation is 3. The van der Waals surface area contributed by atoms with Crippen molar-refractivity contribution in [2.75, 3.05) is 13.7 Å². The second-order valence-corrected chi connectivity index (χ2v) is 10.9. The van der Waals surface area contributed by atoms with E-state index in [0.29, 0.717) is 16.9 Å². The summed E-state index contributed by atoms with van der Waals surface area (Å²) in [5.74, 6) is -1.44. The largest absolute Gasteiger partial charge is 0.496 e. The van der Waals surface area contributed by atoms with Gasteiger partial charge in [0.25, 0.3) is 5.56 Å². The molecule has 244 valence electrons. The van der Waals surface area contributed by atoms with Crippen LogP contribution in [0.1, 0.15) is 74.8 Å². The second-order valence-electron chi connectivity index (χ2n) is 9.86. The monoisotopic (exact) mass is 642 g/mol. The number of benzene rings is 2. The highest BCUT2D eigenvalue weighted by molar-refractivity contribution is 7.20. The fourth-order valence-corrected chi connectivity index (χ4v) is 5.81. The molecule has 9 nitrogen and oxygen atoms in total. The van der Waals surface area contributed by atoms with E-state index in [-0.39, 0.29) is 41.3 Å². The summed E-state index contributed by atoms with van der Waals surface area (Å²) < 4.78 is 32.3. The number of methoxy groups -OCH3 is 1. The zero-order valence-corrected chi connectivity index (χ0v) is 28.3. The third kappa shape index (κ3) is 8.08. The van der Waals surface area contributed by atoms with E-state index in [9.17, 15) is 23.6 Å². The Morgan fingerprint density at radius 2 is 1.62 bits per heavy atom. The van der Waals surface area contributed by atoms with Crippen LogP contribution < -0.4 is 16.0 Å². The van der Waals surface area contributed by atoms with Gasteiger partial charge in [-0.2, -0.15) is 0 Å². The van der Waals surface area contributed by atoms with Gasteiger partial charge in [-0.3, -0.25) is 9.36 Å². The van der Waals surface area contributed by atoms with Gasteiger partial charge in [0, 0.05) is 6.54 Å². The van der Waals surface area contributed by atoms with Crippen LogP contribution in [-0.4, -0.2) is 34.8 Å². The van der Waals surface area contributed by atoms with Gasteiger partial charge in [0.15, 0.2) is 0 Å². The maximum Gasteiger partial charge on any atom is 0.348 e. The number of hydrogen-bond donors (Lipinski definition) is 0. The number of halogens is 1. The van der Waals surface area contributed by atoms with Crippen LogP contribution in [0.15, 0.2) is 58.1 Å². The lowest BCUT2D eigenvalue weighted by molar-refractivity contribution is -0.154. The highest BCUT2D eigenvalue weighted by atomic mass is 32.1. The predicted molar refractivity (Wildman–Crippen MR) is 176 cm³/mol. The maximum absolute atomic E-state index is 14.0. The Balaban J connectivity index is 0.00000169. The quantitative estimate of drug-likeness (QED) is 0.179. The molecule has 0 aliphatic carbocycles. The molecule has 0 saturated heterocycles. The second kappa shape index (κ2) is 16.7. The highest BCUT2D eigenvalue weighted by Gasteiger charge is 2.37. The number of carbonyl (C=O) groups is 2. The van der Waals surface area contributed by atoms with Crippen molar-refractivity contribution in [1.29, 1.82) is 0 Å². The molecule has 0 aliphatic heterocycles. The predicted octanol–water partition coefficient (Wildman–Crippen LogP) is 6.63. The van der Waals surface area contributed by atoms with Gasteiger partial charge in [-0.05, 0) is 69.0 Å². The Kier molecular flexibility index (Phi) is 13.7. The van der Waals surface area contributed by atoms with E-state index in [1.807, 2.05) is 33.8 Å². The average molecular weight is 643 g/mol. The zero-order chi connectivity index (χ0) is 33.9. The molecule has 0 bridgehead atoms. The Bertz CT molecular complexity index is 1720. The lowest BCUT2D eigenvalue weighted by Crippen LogP contribution is -2.53. The number of nitrogens with zero attached hydrogens (tertiary/aromatic N) is 2. The number of fused-ring (bicyclic) bond motifs is 1. The van der Waals surface area contributed by atoms with Gasteiger partial charge in [0.05, 0.1) is 19.1 Å². The van der Waals surface area contributed by atoms with Crippen molar-refractivity contribution < 1.29 is 28.2 Å². The highest BCUT2D eigenvalue weighted by Crippen LogP contribution is 2.30. The molecule has 2 heterocycles. The summed E-state index contributed by atoms with van der Waals surface area (Å²) in [5, 5.41) is 0.118. The smallest absolute Gasteiger partial charge is 0.348 e. The normalized spacial score (nSPS) is 10.7. The summed E-state index contributed by atoms with van der Waals surface area (Å²) in [6.07, 6.45) is 0.165. The molecule has 0 atom stereocenters. The first kappa shape index (κ1) is 36.9. The molecular formula is C34H43FN2O7S. The molecule has 2 aromatic heterocycles. The van der Waals surface area contributed by atoms with Gasteiger partial charge < -0.3 is 14.2 Å². The Morgan fingerprint density at radius 3 is 2.22 bits per heavy atom. The summed E-state index contributed by atoms with van der Waals surface area (Å²) in [4.78, 5) is 54.3. The lowest BCUT2D eigenvalue weighted by Gasteiger charge is -2.26. The van der Waals surface area contributed by atoms with E-state index in [1.165, 1.54) is 43.7 Å². The van der Waals surface area contributed by atoms with Crippen LogP contribution in [0, 0.1) is 12.7 Å². The molecular weight excluding hydrogens is 599 g/mol. The van der Waals surface area contributed by atoms with Crippen molar-refractivity contribution in [3.63, 3.8) is 0 Å². The van der Waals surface area contributed by atoms with Crippen LogP contribution in [0.3, 0.4) is 0 Å². The zero-order valence-electron chi connectivity index (χ0n) is 27.5. The third-order valence-corrected chi connectivity index (χ3v) is 8.09. The number of aromatic nitrogens is 2. The standard InChI is InChI=1S/C30H31FN2O7S.2C2H6/c1-6-39-27(35)24-18(2)23-25(34)33(30(3,4)28(36)40-17-19-10-8-7-9-11-19)29(37)32(26(23)41-24)15-14-20-16-21(31)12-13-22(20)38-5;2*1-2/h7-13,16H,6,14-15,17H2,1-5H3;2*1-2H3. The lowest BCUT2D eigenvalue weighted by atomic mass is 10.0. The van der Waals surface area contributed by atoms with E-state index < -0.39 is 34.5 Å². The van der Waals surface area contributed by atoms with Crippen LogP contribution in [0.4, 0.5) is 4.39 Å². The minimum atomic E-state index is -1.70. The summed E-state index contributed by atoms with van der Waals surface area (Å²) in [7, 11) is 1.46. The van der Waals surface area contributed by atoms with Gasteiger partial charge in [0.1, 0.15) is 33.4 Å². The first-order valence-electron chi connectivity index (χ1n) is 15.0. The number of esters is 2. The SMILES string of the molecule is CC.CC.CCOC(=O)c1sc2c(c1C)c(=O)n(C(C)(C)C(=O)OCc1ccccc1)c(=O)n2CCc1cc(F)ccc1OC. The summed E-state index contributed by atoms with van der Waals surface area (Å²) in [6.45, 7) is 14.2. The Labute approximate surface area is 267 Å². The van der Waals surface area contributed by atoms with Crippen molar-refractivity contribution >= 4 is 33.5 Å². The first-order chi connectivity index (χ1) is 21.5. The first-order valence-corrected chi connectivity index (χ1v) is 15.8. The fourth-order valence-electron chi connectivity index (χ4n) is 4.59. The van der Waals surface area contributed by atoms with Crippen molar-refractivity contribution in [3.8, 4) is 5.75 Å². The van der Waals surface area contributed by atoms with E-state index in [1.54, 1.807) is 38.1 Å². The third-order valence-electron chi connectivity index (χ3n) is 6.79. The summed E-state index contributed by atoms with van der Waals surface area (Å²) in [5.41, 5.74) is -1.60. The van der Waals surface area contributed by atoms with Gasteiger partial charge in [-0.15, -0.1) is 11.3 Å². The van der Waals surface area contributed by atoms with Gasteiger partial charge >= 0.3 is 17.6 Å². The molecule has 0 unspecified atom stereocenters. The van der Waals surface area contributed by atoms with Gasteiger partial charge in [-0.1, -0.05) is 58.0 Å². The fraction of sp³-hybridized carbons (Fsp3) is 0.412. The average Bonchev–Trinajstić information content (AvgIpc) is 3.39.